The van der Waals surface area contributed by atoms with Gasteiger partial charge in [0, 0.05) is 24.4 Å². The number of pyridine rings is 1. The molecule has 0 bridgehead atoms. The average Bonchev–Trinajstić information content (AvgIpc) is 3.29. The van der Waals surface area contributed by atoms with Crippen molar-refractivity contribution < 1.29 is 9.90 Å². The molecule has 3 rings (SSSR count). The second-order valence-electron chi connectivity index (χ2n) is 7.76. The van der Waals surface area contributed by atoms with Gasteiger partial charge in [0.15, 0.2) is 0 Å². The molecule has 4 heteroatoms. The molecule has 0 saturated heterocycles. The molecule has 36 heavy (non-hydrogen) atoms. The Balaban J connectivity index is 0.00000154. The molecule has 2 heterocycles. The van der Waals surface area contributed by atoms with Crippen LogP contribution in [0.4, 0.5) is 0 Å². The Kier molecular flexibility index (Phi) is 14.2. The summed E-state index contributed by atoms with van der Waals surface area (Å²) in [5.74, 6) is 4.97. The minimum Gasteiger partial charge on any atom is -0.481 e. The van der Waals surface area contributed by atoms with E-state index in [4.69, 9.17) is 4.99 Å². The molecule has 1 aliphatic rings. The van der Waals surface area contributed by atoms with Gasteiger partial charge in [-0.2, -0.15) is 0 Å². The minimum atomic E-state index is -0.850. The maximum Gasteiger partial charge on any atom is 0.311 e. The van der Waals surface area contributed by atoms with Crippen molar-refractivity contribution in [1.29, 1.82) is 0 Å². The van der Waals surface area contributed by atoms with Gasteiger partial charge in [-0.1, -0.05) is 76.0 Å². The highest BCUT2D eigenvalue weighted by Crippen LogP contribution is 2.25. The lowest BCUT2D eigenvalue weighted by atomic mass is 9.93. The summed E-state index contributed by atoms with van der Waals surface area (Å²) in [6, 6.07) is 11.3. The van der Waals surface area contributed by atoms with Gasteiger partial charge in [-0.15, -0.1) is 0 Å². The largest absolute Gasteiger partial charge is 0.481 e. The van der Waals surface area contributed by atoms with E-state index in [1.54, 1.807) is 24.5 Å². The normalized spacial score (nSPS) is 13.5. The van der Waals surface area contributed by atoms with E-state index >= 15 is 0 Å². The lowest BCUT2D eigenvalue weighted by Crippen LogP contribution is -2.14. The van der Waals surface area contributed by atoms with E-state index in [2.05, 4.69) is 35.9 Å². The van der Waals surface area contributed by atoms with Gasteiger partial charge in [0.2, 0.25) is 0 Å². The van der Waals surface area contributed by atoms with Crippen LogP contribution >= 0.6 is 0 Å². The number of aromatic nitrogens is 1. The third-order valence-corrected chi connectivity index (χ3v) is 5.45. The van der Waals surface area contributed by atoms with Crippen LogP contribution in [0.5, 0.6) is 0 Å². The van der Waals surface area contributed by atoms with Crippen LogP contribution in [0.25, 0.3) is 0 Å². The number of hydrogen-bond acceptors (Lipinski definition) is 3. The second kappa shape index (κ2) is 16.8. The molecule has 1 unspecified atom stereocenters. The number of benzene rings is 1. The van der Waals surface area contributed by atoms with Crippen molar-refractivity contribution >= 4 is 11.7 Å². The van der Waals surface area contributed by atoms with Crippen molar-refractivity contribution in [2.45, 2.75) is 73.6 Å². The maximum atomic E-state index is 11.7. The topological polar surface area (TPSA) is 62.5 Å². The van der Waals surface area contributed by atoms with E-state index in [-0.39, 0.29) is 0 Å². The van der Waals surface area contributed by atoms with E-state index in [0.29, 0.717) is 18.4 Å². The molecule has 1 aromatic carbocycles. The first kappa shape index (κ1) is 30.3. The van der Waals surface area contributed by atoms with Crippen LogP contribution in [0.3, 0.4) is 0 Å². The van der Waals surface area contributed by atoms with Crippen LogP contribution in [-0.4, -0.2) is 21.8 Å². The summed E-state index contributed by atoms with van der Waals surface area (Å²) >= 11 is 0. The van der Waals surface area contributed by atoms with Crippen molar-refractivity contribution in [2.24, 2.45) is 4.99 Å². The monoisotopic (exact) mass is 484 g/mol. The van der Waals surface area contributed by atoms with Crippen molar-refractivity contribution in [1.82, 2.24) is 4.98 Å². The van der Waals surface area contributed by atoms with Crippen molar-refractivity contribution in [3.63, 3.8) is 0 Å². The summed E-state index contributed by atoms with van der Waals surface area (Å²) in [6.07, 6.45) is 11.4. The number of allylic oxidation sites excluding steroid dienone is 6. The predicted octanol–water partition coefficient (Wildman–Crippen LogP) is 7.93. The number of aliphatic carboxylic acids is 1. The van der Waals surface area contributed by atoms with E-state index in [1.807, 2.05) is 71.9 Å². The summed E-state index contributed by atoms with van der Waals surface area (Å²) < 4.78 is 0. The first-order valence-corrected chi connectivity index (χ1v) is 12.8. The fraction of sp³-hybridized carbons (Fsp3) is 0.344. The Bertz CT molecular complexity index is 1140. The zero-order chi connectivity index (χ0) is 26.9. The van der Waals surface area contributed by atoms with Crippen LogP contribution in [-0.2, 0) is 11.2 Å². The molecule has 190 valence electrons. The summed E-state index contributed by atoms with van der Waals surface area (Å²) in [4.78, 5) is 20.6. The van der Waals surface area contributed by atoms with E-state index < -0.39 is 11.9 Å². The Morgan fingerprint density at radius 3 is 2.36 bits per heavy atom. The number of rotatable bonds is 7. The van der Waals surface area contributed by atoms with Gasteiger partial charge in [0.1, 0.15) is 0 Å². The number of nitrogens with zero attached hydrogens (tertiary/aromatic N) is 2. The minimum absolute atomic E-state index is 0.414. The lowest BCUT2D eigenvalue weighted by molar-refractivity contribution is -0.138. The zero-order valence-corrected chi connectivity index (χ0v) is 22.8. The molecule has 1 aromatic heterocycles. The summed E-state index contributed by atoms with van der Waals surface area (Å²) in [5.41, 5.74) is 7.16. The number of hydrogen-bond donors (Lipinski definition) is 1. The van der Waals surface area contributed by atoms with Crippen LogP contribution in [0.2, 0.25) is 0 Å². The molecular weight excluding hydrogens is 444 g/mol. The van der Waals surface area contributed by atoms with Crippen molar-refractivity contribution in [2.75, 3.05) is 0 Å². The smallest absolute Gasteiger partial charge is 0.311 e. The van der Waals surface area contributed by atoms with Crippen molar-refractivity contribution in [3.8, 4) is 11.8 Å². The quantitative estimate of drug-likeness (QED) is 0.321. The number of carbonyl (C=O) groups is 1. The standard InChI is InChI=1S/C28H28N2O2.2C2H6/c1-4-8-23(5-2)27-17-20(3)26(30-27)11-6-9-21-12-14-22(15-13-21)18-25(28(31)32)24-10-7-16-29-19-24;2*1-2/h4-5,7-8,10,12-16,19,25H,11,17-18H2,1-3H3,(H,31,32);2*1-2H3/b8-4-,23-5+;;. The third-order valence-electron chi connectivity index (χ3n) is 5.45. The molecular formula is C32H40N2O2. The lowest BCUT2D eigenvalue weighted by Gasteiger charge is -2.12. The average molecular weight is 485 g/mol. The van der Waals surface area contributed by atoms with Gasteiger partial charge >= 0.3 is 5.97 Å². The molecule has 0 radical (unpaired) electrons. The van der Waals surface area contributed by atoms with Gasteiger partial charge in [-0.25, -0.2) is 0 Å². The van der Waals surface area contributed by atoms with Gasteiger partial charge < -0.3 is 5.11 Å². The first-order valence-electron chi connectivity index (χ1n) is 12.8. The molecule has 0 fully saturated rings. The third kappa shape index (κ3) is 9.15. The molecule has 1 atom stereocenters. The zero-order valence-electron chi connectivity index (χ0n) is 22.8. The fourth-order valence-electron chi connectivity index (χ4n) is 3.67. The van der Waals surface area contributed by atoms with Gasteiger partial charge in [0.05, 0.1) is 23.7 Å². The SMILES string of the molecule is C/C=C\C(=C/C)C1=NC(CC#Cc2ccc(CC(C(=O)O)c3cccnc3)cc2)=C(C)C1.CC.CC. The van der Waals surface area contributed by atoms with Gasteiger partial charge in [-0.3, -0.25) is 14.8 Å². The molecule has 1 aliphatic heterocycles. The molecule has 1 N–H and O–H groups in total. The van der Waals surface area contributed by atoms with Gasteiger partial charge in [0.25, 0.3) is 0 Å². The Morgan fingerprint density at radius 2 is 1.81 bits per heavy atom. The number of carboxylic acids is 1. The van der Waals surface area contributed by atoms with Crippen LogP contribution in [0, 0.1) is 11.8 Å². The fourth-order valence-corrected chi connectivity index (χ4v) is 3.67. The Morgan fingerprint density at radius 1 is 1.11 bits per heavy atom. The molecule has 0 amide bonds. The number of aliphatic imine (C=N–C) groups is 1. The van der Waals surface area contributed by atoms with E-state index in [1.165, 1.54) is 5.57 Å². The van der Waals surface area contributed by atoms with Crippen LogP contribution in [0.15, 0.2) is 88.9 Å². The van der Waals surface area contributed by atoms with Crippen LogP contribution < -0.4 is 0 Å². The highest BCUT2D eigenvalue weighted by molar-refractivity contribution is 6.05. The highest BCUT2D eigenvalue weighted by atomic mass is 16.4. The van der Waals surface area contributed by atoms with E-state index in [0.717, 1.165) is 34.5 Å². The molecule has 0 aliphatic carbocycles. The predicted molar refractivity (Wildman–Crippen MR) is 152 cm³/mol. The Labute approximate surface area is 217 Å². The molecule has 4 nitrogen and oxygen atoms in total. The molecule has 0 spiro atoms. The maximum absolute atomic E-state index is 11.7. The van der Waals surface area contributed by atoms with Crippen LogP contribution in [0.1, 0.15) is 83.9 Å². The summed E-state index contributed by atoms with van der Waals surface area (Å²) in [5, 5.41) is 9.61. The van der Waals surface area contributed by atoms with Gasteiger partial charge in [-0.05, 0) is 67.7 Å². The number of carboxylic acid groups (broad SMARTS) is 1. The summed E-state index contributed by atoms with van der Waals surface area (Å²) in [7, 11) is 0. The summed E-state index contributed by atoms with van der Waals surface area (Å²) in [6.45, 7) is 14.2. The highest BCUT2D eigenvalue weighted by Gasteiger charge is 2.20. The first-order chi connectivity index (χ1) is 17.5. The molecule has 0 saturated carbocycles. The molecule has 2 aromatic rings. The van der Waals surface area contributed by atoms with Crippen molar-refractivity contribution in [3.05, 3.63) is 101 Å². The Hall–Kier alpha value is -3.71. The second-order valence-corrected chi connectivity index (χ2v) is 7.76. The van der Waals surface area contributed by atoms with E-state index in [9.17, 15) is 9.90 Å².